The molecular formula is C23H35BrN4O3S. The van der Waals surface area contributed by atoms with Crippen LogP contribution in [-0.2, 0) is 35.7 Å². The lowest BCUT2D eigenvalue weighted by molar-refractivity contribution is -0.920. The minimum Gasteiger partial charge on any atom is -1.00 e. The van der Waals surface area contributed by atoms with E-state index in [1.54, 1.807) is 0 Å². The van der Waals surface area contributed by atoms with Crippen LogP contribution >= 0.6 is 0 Å². The van der Waals surface area contributed by atoms with Crippen LogP contribution in [0.4, 0.5) is 10.5 Å². The third-order valence-corrected chi connectivity index (χ3v) is 9.35. The molecule has 2 heterocycles. The van der Waals surface area contributed by atoms with E-state index < -0.39 is 16.1 Å². The second-order valence-electron chi connectivity index (χ2n) is 10.4. The molecular weight excluding hydrogens is 492 g/mol. The van der Waals surface area contributed by atoms with E-state index in [4.69, 9.17) is 0 Å². The van der Waals surface area contributed by atoms with Crippen LogP contribution in [0.2, 0.25) is 0 Å². The van der Waals surface area contributed by atoms with Gasteiger partial charge in [-0.2, -0.15) is 0 Å². The fraction of sp³-hybridized carbons (Fsp3) is 0.696. The third kappa shape index (κ3) is 4.45. The first-order valence-corrected chi connectivity index (χ1v) is 13.4. The number of benzene rings is 1. The van der Waals surface area contributed by atoms with Crippen LogP contribution in [0, 0.1) is 0 Å². The number of rotatable bonds is 4. The number of sulfonamides is 1. The number of nitrogens with zero attached hydrogens (tertiary/aromatic N) is 2. The minimum absolute atomic E-state index is 0. The predicted octanol–water partition coefficient (Wildman–Crippen LogP) is -0.958. The van der Waals surface area contributed by atoms with Crippen LogP contribution in [0.5, 0.6) is 0 Å². The Balaban J connectivity index is 0.00000245. The summed E-state index contributed by atoms with van der Waals surface area (Å²) in [5.74, 6) is -0.0143. The van der Waals surface area contributed by atoms with E-state index in [9.17, 15) is 13.2 Å². The van der Waals surface area contributed by atoms with Crippen LogP contribution in [0.15, 0.2) is 6.07 Å². The summed E-state index contributed by atoms with van der Waals surface area (Å²) in [4.78, 5) is 15.3. The van der Waals surface area contributed by atoms with Crippen molar-refractivity contribution < 1.29 is 34.7 Å². The zero-order valence-corrected chi connectivity index (χ0v) is 21.5. The first-order chi connectivity index (χ1) is 14.7. The van der Waals surface area contributed by atoms with Crippen molar-refractivity contribution in [3.05, 3.63) is 28.3 Å². The zero-order chi connectivity index (χ0) is 21.8. The molecule has 2 N–H and O–H groups in total. The summed E-state index contributed by atoms with van der Waals surface area (Å²) < 4.78 is 29.1. The predicted molar refractivity (Wildman–Crippen MR) is 122 cm³/mol. The van der Waals surface area contributed by atoms with Gasteiger partial charge in [-0.15, -0.1) is 0 Å². The number of amides is 2. The standard InChI is InChI=1S/C23H34N4O3S.BrH/c1-27(2)13-12-26-11-5-10-20(26)21(27)15-31(29,30)25-23(28)24-22-18-8-3-6-16(18)14-17-7-4-9-19(17)22;/h14,20-21H,3-13,15H2,1-2H3,(H-,24,25,28);1H/t20-,21-;/m1./s1. The highest BCUT2D eigenvalue weighted by molar-refractivity contribution is 7.90. The van der Waals surface area contributed by atoms with Crippen molar-refractivity contribution in [3.8, 4) is 0 Å². The Hall–Kier alpha value is -1.16. The fourth-order valence-corrected chi connectivity index (χ4v) is 7.90. The molecule has 2 amide bonds. The van der Waals surface area contributed by atoms with Gasteiger partial charge in [-0.3, -0.25) is 4.90 Å². The molecule has 2 aliphatic heterocycles. The van der Waals surface area contributed by atoms with Crippen LogP contribution < -0.4 is 27.0 Å². The van der Waals surface area contributed by atoms with Gasteiger partial charge in [0, 0.05) is 12.2 Å². The molecule has 5 rings (SSSR count). The maximum Gasteiger partial charge on any atom is 0.332 e. The quantitative estimate of drug-likeness (QED) is 0.495. The average Bonchev–Trinajstić information content (AvgIpc) is 3.43. The fourth-order valence-electron chi connectivity index (χ4n) is 6.41. The van der Waals surface area contributed by atoms with E-state index in [0.717, 1.165) is 76.7 Å². The number of hydrogen-bond acceptors (Lipinski definition) is 4. The highest BCUT2D eigenvalue weighted by atomic mass is 79.9. The third-order valence-electron chi connectivity index (χ3n) is 8.07. The van der Waals surface area contributed by atoms with Crippen molar-refractivity contribution in [1.29, 1.82) is 0 Å². The van der Waals surface area contributed by atoms with Gasteiger partial charge in [0.05, 0.1) is 26.7 Å². The largest absolute Gasteiger partial charge is 1.00 e. The Morgan fingerprint density at radius 1 is 1.06 bits per heavy atom. The molecule has 1 aromatic rings. The van der Waals surface area contributed by atoms with Crippen molar-refractivity contribution in [2.75, 3.05) is 44.8 Å². The lowest BCUT2D eigenvalue weighted by Gasteiger charge is -2.48. The SMILES string of the molecule is C[N+]1(C)CCN2CCC[C@@H]2[C@H]1CS(=O)(=O)NC(=O)Nc1c2c(cc3c1CCC3)CCC2.[Br-]. The number of urea groups is 1. The van der Waals surface area contributed by atoms with Crippen molar-refractivity contribution in [2.24, 2.45) is 0 Å². The van der Waals surface area contributed by atoms with E-state index in [-0.39, 0.29) is 34.8 Å². The summed E-state index contributed by atoms with van der Waals surface area (Å²) in [5, 5.41) is 2.96. The van der Waals surface area contributed by atoms with Crippen molar-refractivity contribution in [2.45, 2.75) is 63.5 Å². The van der Waals surface area contributed by atoms with Crippen LogP contribution in [-0.4, -0.2) is 75.4 Å². The molecule has 178 valence electrons. The van der Waals surface area contributed by atoms with E-state index in [0.29, 0.717) is 4.48 Å². The second kappa shape index (κ2) is 8.89. The van der Waals surface area contributed by atoms with E-state index in [1.807, 2.05) is 0 Å². The number of nitrogens with one attached hydrogen (secondary N) is 2. The molecule has 7 nitrogen and oxygen atoms in total. The molecule has 2 aliphatic carbocycles. The number of carbonyl (C=O) groups is 1. The number of fused-ring (bicyclic) bond motifs is 3. The Morgan fingerprint density at radius 2 is 1.72 bits per heavy atom. The number of anilines is 1. The number of hydrogen-bond donors (Lipinski definition) is 2. The van der Waals surface area contributed by atoms with E-state index in [1.165, 1.54) is 22.3 Å². The molecule has 1 aromatic carbocycles. The van der Waals surface area contributed by atoms with Gasteiger partial charge >= 0.3 is 6.03 Å². The number of aryl methyl sites for hydroxylation is 2. The minimum atomic E-state index is -3.74. The van der Waals surface area contributed by atoms with Gasteiger partial charge in [0.1, 0.15) is 11.8 Å². The molecule has 4 aliphatic rings. The number of quaternary nitrogens is 1. The Bertz CT molecular complexity index is 979. The first kappa shape index (κ1) is 24.0. The first-order valence-electron chi connectivity index (χ1n) is 11.8. The van der Waals surface area contributed by atoms with Crippen LogP contribution in [0.25, 0.3) is 0 Å². The Kier molecular flexibility index (Phi) is 6.66. The molecule has 0 unspecified atom stereocenters. The van der Waals surface area contributed by atoms with Gasteiger partial charge in [0.15, 0.2) is 0 Å². The average molecular weight is 528 g/mol. The van der Waals surface area contributed by atoms with Gasteiger partial charge < -0.3 is 26.8 Å². The van der Waals surface area contributed by atoms with E-state index >= 15 is 0 Å². The van der Waals surface area contributed by atoms with Crippen LogP contribution in [0.3, 0.4) is 0 Å². The number of halogens is 1. The van der Waals surface area contributed by atoms with E-state index in [2.05, 4.69) is 35.1 Å². The highest BCUT2D eigenvalue weighted by Crippen LogP contribution is 2.38. The number of piperazine rings is 1. The maximum absolute atomic E-state index is 13.0. The van der Waals surface area contributed by atoms with Gasteiger partial charge in [-0.25, -0.2) is 17.9 Å². The summed E-state index contributed by atoms with van der Waals surface area (Å²) >= 11 is 0. The molecule has 2 fully saturated rings. The monoisotopic (exact) mass is 526 g/mol. The smallest absolute Gasteiger partial charge is 0.332 e. The normalized spacial score (nSPS) is 26.1. The topological polar surface area (TPSA) is 78.5 Å². The van der Waals surface area contributed by atoms with Crippen molar-refractivity contribution in [1.82, 2.24) is 9.62 Å². The summed E-state index contributed by atoms with van der Waals surface area (Å²) in [6, 6.07) is 1.95. The highest BCUT2D eigenvalue weighted by Gasteiger charge is 2.47. The van der Waals surface area contributed by atoms with Gasteiger partial charge in [0.25, 0.3) is 0 Å². The lowest BCUT2D eigenvalue weighted by atomic mass is 9.99. The van der Waals surface area contributed by atoms with Crippen molar-refractivity contribution >= 4 is 21.7 Å². The summed E-state index contributed by atoms with van der Waals surface area (Å²) in [6.07, 6.45) is 8.36. The molecule has 0 aromatic heterocycles. The zero-order valence-electron chi connectivity index (χ0n) is 19.1. The maximum atomic E-state index is 13.0. The van der Waals surface area contributed by atoms with Crippen molar-refractivity contribution in [3.63, 3.8) is 0 Å². The molecule has 0 radical (unpaired) electrons. The second-order valence-corrected chi connectivity index (χ2v) is 12.2. The molecule has 0 bridgehead atoms. The lowest BCUT2D eigenvalue weighted by Crippen LogP contribution is -3.00. The Labute approximate surface area is 202 Å². The Morgan fingerprint density at radius 3 is 2.38 bits per heavy atom. The van der Waals surface area contributed by atoms with Crippen LogP contribution in [0.1, 0.15) is 47.9 Å². The van der Waals surface area contributed by atoms with Gasteiger partial charge in [-0.05, 0) is 80.2 Å². The summed E-state index contributed by atoms with van der Waals surface area (Å²) in [5.41, 5.74) is 5.94. The van der Waals surface area contributed by atoms with Gasteiger partial charge in [0.2, 0.25) is 10.0 Å². The molecule has 0 saturated carbocycles. The molecule has 2 atom stereocenters. The number of carbonyl (C=O) groups excluding carboxylic acids is 1. The molecule has 9 heteroatoms. The molecule has 2 saturated heterocycles. The molecule has 0 spiro atoms. The number of likely N-dealkylation sites (N-methyl/N-ethyl adjacent to an activating group) is 1. The molecule has 32 heavy (non-hydrogen) atoms. The van der Waals surface area contributed by atoms with Gasteiger partial charge in [-0.1, -0.05) is 6.07 Å². The summed E-state index contributed by atoms with van der Waals surface area (Å²) in [7, 11) is 0.492. The summed E-state index contributed by atoms with van der Waals surface area (Å²) in [6.45, 7) is 3.01.